The Morgan fingerprint density at radius 1 is 0.583 bits per heavy atom. The minimum atomic E-state index is -3.13. The molecule has 0 unspecified atom stereocenters. The molecule has 0 aliphatic carbocycles. The zero-order valence-corrected chi connectivity index (χ0v) is 44.7. The van der Waals surface area contributed by atoms with Gasteiger partial charge in [0.2, 0.25) is 31.9 Å². The number of sulfonamides is 2. The summed E-state index contributed by atoms with van der Waals surface area (Å²) in [4.78, 5) is 27.1. The molecule has 0 bridgehead atoms. The summed E-state index contributed by atoms with van der Waals surface area (Å²) in [7, 11) is -4.53. The van der Waals surface area contributed by atoms with Crippen LogP contribution in [0.15, 0.2) is 65.7 Å². The molecule has 400 valence electrons. The fourth-order valence-electron chi connectivity index (χ4n) is 8.99. The normalized spacial score (nSPS) is 18.1. The molecule has 2 aromatic carbocycles. The van der Waals surface area contributed by atoms with Crippen LogP contribution in [-0.2, 0) is 50.7 Å². The predicted molar refractivity (Wildman–Crippen MR) is 292 cm³/mol. The van der Waals surface area contributed by atoms with Gasteiger partial charge in [0.15, 0.2) is 0 Å². The van der Waals surface area contributed by atoms with Crippen molar-refractivity contribution in [3.63, 3.8) is 0 Å². The van der Waals surface area contributed by atoms with Crippen LogP contribution < -0.4 is 24.6 Å². The van der Waals surface area contributed by atoms with Gasteiger partial charge in [0.05, 0.1) is 29.3 Å². The number of nitrogens with zero attached hydrogens (tertiary/aromatic N) is 10. The first-order valence-corrected chi connectivity index (χ1v) is 29.1. The van der Waals surface area contributed by atoms with Gasteiger partial charge in [-0.25, -0.2) is 36.8 Å². The monoisotopic (exact) mass is 1100 g/mol. The van der Waals surface area contributed by atoms with Gasteiger partial charge in [-0.15, -0.1) is 0 Å². The number of benzene rings is 2. The highest BCUT2D eigenvalue weighted by Gasteiger charge is 2.27. The Morgan fingerprint density at radius 2 is 0.986 bits per heavy atom. The number of methoxy groups -OCH3 is 1. The zero-order valence-electron chi connectivity index (χ0n) is 41.5. The third-order valence-corrected chi connectivity index (χ3v) is 16.5. The fourth-order valence-corrected chi connectivity index (χ4v) is 11.2. The second-order valence-corrected chi connectivity index (χ2v) is 23.3. The number of piperidine rings is 2. The van der Waals surface area contributed by atoms with Crippen LogP contribution in [0.2, 0.25) is 0 Å². The van der Waals surface area contributed by atoms with E-state index in [1.54, 1.807) is 15.7 Å². The summed E-state index contributed by atoms with van der Waals surface area (Å²) in [5.74, 6) is 3.30. The van der Waals surface area contributed by atoms with Crippen LogP contribution in [0.3, 0.4) is 0 Å². The van der Waals surface area contributed by atoms with Crippen molar-refractivity contribution in [1.82, 2.24) is 38.3 Å². The summed E-state index contributed by atoms with van der Waals surface area (Å²) in [6.07, 6.45) is 16.1. The van der Waals surface area contributed by atoms with Gasteiger partial charge < -0.3 is 29.3 Å². The van der Waals surface area contributed by atoms with Crippen molar-refractivity contribution in [2.75, 3.05) is 126 Å². The maximum absolute atomic E-state index is 11.8. The highest BCUT2D eigenvalue weighted by Crippen LogP contribution is 2.32. The summed E-state index contributed by atoms with van der Waals surface area (Å²) in [6, 6.07) is 12.5. The number of hydrogen-bond donors (Lipinski definition) is 1. The Balaban J connectivity index is 0.000000262. The van der Waals surface area contributed by atoms with Gasteiger partial charge in [0.1, 0.15) is 23.7 Å². The van der Waals surface area contributed by atoms with Crippen LogP contribution in [0.5, 0.6) is 11.5 Å². The van der Waals surface area contributed by atoms with Crippen molar-refractivity contribution < 1.29 is 31.0 Å². The zero-order chi connectivity index (χ0) is 49.7. The molecule has 8 rings (SSSR count). The van der Waals surface area contributed by atoms with Gasteiger partial charge in [-0.2, -0.15) is 8.61 Å². The lowest BCUT2D eigenvalue weighted by Crippen LogP contribution is -2.47. The molecule has 21 heteroatoms. The summed E-state index contributed by atoms with van der Waals surface area (Å²) < 4.78 is 69.0. The second kappa shape index (κ2) is 27.9. The van der Waals surface area contributed by atoms with E-state index in [0.717, 1.165) is 149 Å². The first kappa shape index (κ1) is 58.7. The standard InChI is InChI=1S/C26H40N6O4S.C23H32BrN5O3S.2CH4/c1-4-21-18-28-26(29-19-21)31-10-7-23(8-11-31)36-25-6-5-22(17-24(25)27-9-16-35-2)20-30-12-14-32(15-13-30)37(3,33)34;1-3-18-15-25-23(26-16-18)28-8-6-20(7-9-28)32-22-5-4-19(14-21(22)24)17-27-10-12-29(13-11-27)33(2,30)31;;/h5-6,17-19,23,27H,4,7-16,20H2,1-3H3;4-5,14-16,20H,3,6-13,17H2,1-2H3;2*1H4. The van der Waals surface area contributed by atoms with Crippen LogP contribution in [0.25, 0.3) is 0 Å². The molecule has 4 aliphatic heterocycles. The third kappa shape index (κ3) is 17.2. The van der Waals surface area contributed by atoms with Crippen LogP contribution in [-0.4, -0.2) is 179 Å². The molecule has 1 N–H and O–H groups in total. The van der Waals surface area contributed by atoms with E-state index in [2.05, 4.69) is 105 Å². The van der Waals surface area contributed by atoms with Gasteiger partial charge in [0.25, 0.3) is 0 Å². The first-order chi connectivity index (χ1) is 33.7. The quantitative estimate of drug-likeness (QED) is 0.108. The molecule has 4 aromatic rings. The number of anilines is 3. The lowest BCUT2D eigenvalue weighted by Gasteiger charge is -2.33. The Morgan fingerprint density at radius 3 is 1.38 bits per heavy atom. The minimum absolute atomic E-state index is 0. The number of nitrogens with one attached hydrogen (secondary N) is 1. The van der Waals surface area contributed by atoms with Crippen LogP contribution in [0.1, 0.15) is 76.6 Å². The molecule has 0 radical (unpaired) electrons. The molecular formula is C51H80BrN11O7S2. The van der Waals surface area contributed by atoms with E-state index in [1.807, 2.05) is 30.9 Å². The smallest absolute Gasteiger partial charge is 0.225 e. The van der Waals surface area contributed by atoms with Crippen LogP contribution in [0, 0.1) is 0 Å². The lowest BCUT2D eigenvalue weighted by atomic mass is 10.1. The molecule has 18 nitrogen and oxygen atoms in total. The Hall–Kier alpha value is -4.22. The van der Waals surface area contributed by atoms with E-state index in [9.17, 15) is 16.8 Å². The maximum atomic E-state index is 11.8. The van der Waals surface area contributed by atoms with Crippen molar-refractivity contribution in [2.24, 2.45) is 0 Å². The van der Waals surface area contributed by atoms with E-state index in [1.165, 1.54) is 23.6 Å². The van der Waals surface area contributed by atoms with E-state index >= 15 is 0 Å². The minimum Gasteiger partial charge on any atom is -0.489 e. The highest BCUT2D eigenvalue weighted by atomic mass is 79.9. The molecular weight excluding hydrogens is 1020 g/mol. The van der Waals surface area contributed by atoms with Crippen molar-refractivity contribution >= 4 is 53.6 Å². The summed E-state index contributed by atoms with van der Waals surface area (Å²) >= 11 is 3.68. The number of hydrogen-bond acceptors (Lipinski definition) is 16. The molecule has 4 saturated heterocycles. The molecule has 4 fully saturated rings. The van der Waals surface area contributed by atoms with Crippen molar-refractivity contribution in [2.45, 2.75) is 92.5 Å². The first-order valence-electron chi connectivity index (χ1n) is 24.6. The van der Waals surface area contributed by atoms with E-state index in [4.69, 9.17) is 14.2 Å². The molecule has 4 aliphatic rings. The molecule has 0 saturated carbocycles. The van der Waals surface area contributed by atoms with Crippen molar-refractivity contribution in [1.29, 1.82) is 0 Å². The second-order valence-electron chi connectivity index (χ2n) is 18.5. The number of aryl methyl sites for hydroxylation is 2. The summed E-state index contributed by atoms with van der Waals surface area (Å²) in [5.41, 5.74) is 5.62. The van der Waals surface area contributed by atoms with Crippen molar-refractivity contribution in [3.05, 3.63) is 87.9 Å². The molecule has 72 heavy (non-hydrogen) atoms. The number of halogens is 1. The van der Waals surface area contributed by atoms with Gasteiger partial charge in [0, 0.05) is 156 Å². The molecule has 6 heterocycles. The van der Waals surface area contributed by atoms with Gasteiger partial charge in [-0.3, -0.25) is 9.80 Å². The molecule has 0 amide bonds. The molecule has 0 spiro atoms. The maximum Gasteiger partial charge on any atom is 0.225 e. The highest BCUT2D eigenvalue weighted by molar-refractivity contribution is 9.10. The topological polar surface area (TPSA) is 179 Å². The SMILES string of the molecule is C.C.CCc1cnc(N2CCC(Oc3ccc(CN4CCN(S(C)(=O)=O)CC4)cc3Br)CC2)nc1.CCc1cnc(N2CCC(Oc3ccc(CN4CCN(S(C)(=O)=O)CC4)cc3NCCOC)CC2)nc1. The predicted octanol–water partition coefficient (Wildman–Crippen LogP) is 6.42. The van der Waals surface area contributed by atoms with E-state index in [0.29, 0.717) is 39.3 Å². The van der Waals surface area contributed by atoms with E-state index in [-0.39, 0.29) is 27.1 Å². The summed E-state index contributed by atoms with van der Waals surface area (Å²) in [6.45, 7) is 15.6. The number of aromatic nitrogens is 4. The average Bonchev–Trinajstić information content (AvgIpc) is 3.36. The van der Waals surface area contributed by atoms with Crippen molar-refractivity contribution in [3.8, 4) is 11.5 Å². The van der Waals surface area contributed by atoms with Gasteiger partial charge >= 0.3 is 0 Å². The lowest BCUT2D eigenvalue weighted by molar-refractivity contribution is 0.168. The largest absolute Gasteiger partial charge is 0.489 e. The fraction of sp³-hybridized carbons (Fsp3) is 0.608. The van der Waals surface area contributed by atoms with Gasteiger partial charge in [-0.1, -0.05) is 40.8 Å². The Bertz CT molecular complexity index is 2480. The number of piperazine rings is 2. The summed E-state index contributed by atoms with van der Waals surface area (Å²) in [5, 5.41) is 3.47. The Kier molecular flexibility index (Phi) is 22.7. The molecule has 2 aromatic heterocycles. The Labute approximate surface area is 439 Å². The third-order valence-electron chi connectivity index (χ3n) is 13.3. The van der Waals surface area contributed by atoms with Crippen LogP contribution in [0.4, 0.5) is 17.6 Å². The number of rotatable bonds is 18. The average molecular weight is 1100 g/mol. The van der Waals surface area contributed by atoms with Gasteiger partial charge in [-0.05, 0) is 75.3 Å². The van der Waals surface area contributed by atoms with Crippen LogP contribution >= 0.6 is 15.9 Å². The molecule has 0 atom stereocenters. The van der Waals surface area contributed by atoms with E-state index < -0.39 is 20.0 Å². The number of ether oxygens (including phenoxy) is 3.